The molecule has 0 atom stereocenters. The fraction of sp³-hybridized carbons (Fsp3) is 0.357. The Morgan fingerprint density at radius 2 is 1.76 bits per heavy atom. The first-order chi connectivity index (χ1) is 18.1. The van der Waals surface area contributed by atoms with Gasteiger partial charge in [0.15, 0.2) is 0 Å². The molecule has 9 nitrogen and oxygen atoms in total. The van der Waals surface area contributed by atoms with Crippen LogP contribution in [0.2, 0.25) is 0 Å². The molecule has 0 saturated carbocycles. The number of benzene rings is 1. The Morgan fingerprint density at radius 1 is 0.973 bits per heavy atom. The van der Waals surface area contributed by atoms with E-state index in [1.807, 2.05) is 12.1 Å². The van der Waals surface area contributed by atoms with Crippen molar-refractivity contribution in [1.29, 1.82) is 0 Å². The van der Waals surface area contributed by atoms with Crippen LogP contribution >= 0.6 is 0 Å². The van der Waals surface area contributed by atoms with Gasteiger partial charge < -0.3 is 24.8 Å². The lowest BCUT2D eigenvalue weighted by Gasteiger charge is -2.29. The predicted molar refractivity (Wildman–Crippen MR) is 146 cm³/mol. The average molecular weight is 498 g/mol. The van der Waals surface area contributed by atoms with Crippen molar-refractivity contribution in [1.82, 2.24) is 24.8 Å². The van der Waals surface area contributed by atoms with Gasteiger partial charge in [0.1, 0.15) is 17.3 Å². The van der Waals surface area contributed by atoms with Gasteiger partial charge in [-0.3, -0.25) is 4.79 Å². The zero-order chi connectivity index (χ0) is 25.2. The fourth-order valence-corrected chi connectivity index (χ4v) is 5.16. The van der Waals surface area contributed by atoms with Crippen LogP contribution in [0.5, 0.6) is 0 Å². The lowest BCUT2D eigenvalue weighted by molar-refractivity contribution is 0.122. The Bertz CT molecular complexity index is 1420. The van der Waals surface area contributed by atoms with Crippen molar-refractivity contribution in [3.8, 4) is 11.4 Å². The van der Waals surface area contributed by atoms with Crippen LogP contribution in [0.15, 0.2) is 59.8 Å². The van der Waals surface area contributed by atoms with Gasteiger partial charge in [0.25, 0.3) is 5.56 Å². The van der Waals surface area contributed by atoms with E-state index in [9.17, 15) is 4.79 Å². The van der Waals surface area contributed by atoms with Gasteiger partial charge in [-0.25, -0.2) is 15.0 Å². The summed E-state index contributed by atoms with van der Waals surface area (Å²) in [5.74, 6) is 1.92. The second kappa shape index (κ2) is 10.3. The first-order valence-electron chi connectivity index (χ1n) is 12.9. The van der Waals surface area contributed by atoms with E-state index in [1.165, 1.54) is 18.4 Å². The maximum Gasteiger partial charge on any atom is 0.259 e. The van der Waals surface area contributed by atoms with E-state index in [-0.39, 0.29) is 5.56 Å². The van der Waals surface area contributed by atoms with Crippen LogP contribution in [0.4, 0.5) is 17.3 Å². The Kier molecular flexibility index (Phi) is 6.55. The third-order valence-electron chi connectivity index (χ3n) is 7.35. The van der Waals surface area contributed by atoms with Gasteiger partial charge in [0.2, 0.25) is 0 Å². The van der Waals surface area contributed by atoms with Crippen LogP contribution in [0.25, 0.3) is 22.2 Å². The zero-order valence-corrected chi connectivity index (χ0v) is 21.0. The number of hydrogen-bond donors (Lipinski definition) is 2. The molecule has 9 heteroatoms. The molecule has 2 saturated heterocycles. The maximum absolute atomic E-state index is 12.8. The van der Waals surface area contributed by atoms with E-state index in [0.717, 1.165) is 43.1 Å². The van der Waals surface area contributed by atoms with Crippen molar-refractivity contribution in [2.45, 2.75) is 18.8 Å². The van der Waals surface area contributed by atoms with Gasteiger partial charge in [-0.15, -0.1) is 0 Å². The number of fused-ring (bicyclic) bond motifs is 1. The summed E-state index contributed by atoms with van der Waals surface area (Å²) in [6.07, 6.45) is 7.53. The molecule has 0 spiro atoms. The van der Waals surface area contributed by atoms with Crippen LogP contribution in [0.1, 0.15) is 24.3 Å². The van der Waals surface area contributed by atoms with Crippen LogP contribution in [0, 0.1) is 0 Å². The number of H-pyrrole nitrogens is 1. The Labute approximate surface area is 215 Å². The van der Waals surface area contributed by atoms with Gasteiger partial charge in [0, 0.05) is 25.0 Å². The van der Waals surface area contributed by atoms with Crippen molar-refractivity contribution < 1.29 is 4.74 Å². The molecule has 2 aliphatic heterocycles. The number of pyridine rings is 2. The zero-order valence-electron chi connectivity index (χ0n) is 21.0. The summed E-state index contributed by atoms with van der Waals surface area (Å²) in [4.78, 5) is 34.2. The average Bonchev–Trinajstić information content (AvgIpc) is 2.94. The molecule has 0 bridgehead atoms. The fourth-order valence-electron chi connectivity index (χ4n) is 5.16. The van der Waals surface area contributed by atoms with Gasteiger partial charge in [-0.05, 0) is 74.1 Å². The van der Waals surface area contributed by atoms with E-state index in [2.05, 4.69) is 61.4 Å². The van der Waals surface area contributed by atoms with Gasteiger partial charge in [0.05, 0.1) is 36.7 Å². The number of hydrogen-bond acceptors (Lipinski definition) is 8. The number of nitrogens with one attached hydrogen (secondary N) is 2. The third kappa shape index (κ3) is 5.05. The summed E-state index contributed by atoms with van der Waals surface area (Å²) in [7, 11) is 2.18. The Hall–Kier alpha value is -3.82. The molecule has 37 heavy (non-hydrogen) atoms. The van der Waals surface area contributed by atoms with E-state index in [1.54, 1.807) is 18.6 Å². The van der Waals surface area contributed by atoms with Crippen molar-refractivity contribution in [3.63, 3.8) is 0 Å². The van der Waals surface area contributed by atoms with E-state index in [4.69, 9.17) is 9.72 Å². The van der Waals surface area contributed by atoms with Crippen molar-refractivity contribution >= 4 is 28.1 Å². The molecule has 3 aromatic heterocycles. The molecule has 4 aromatic rings. The number of piperidine rings is 1. The standard InChI is InChI=1S/C28H31N7O2/c1-34-10-7-20(8-11-34)19-2-4-22(5-3-19)32-27-26-21(6-9-29-28(26)36)16-23(33-27)24-17-31-25(18-30-24)35-12-14-37-15-13-35/h2-6,9,16-18,20H,7-8,10-15H2,1H3,(H,29,36)(H,32,33). The van der Waals surface area contributed by atoms with E-state index in [0.29, 0.717) is 41.7 Å². The molecule has 5 heterocycles. The molecular formula is C28H31N7O2. The number of aromatic nitrogens is 4. The smallest absolute Gasteiger partial charge is 0.259 e. The highest BCUT2D eigenvalue weighted by molar-refractivity contribution is 5.94. The highest BCUT2D eigenvalue weighted by atomic mass is 16.5. The summed E-state index contributed by atoms with van der Waals surface area (Å²) >= 11 is 0. The first kappa shape index (κ1) is 23.6. The minimum Gasteiger partial charge on any atom is -0.378 e. The molecule has 6 rings (SSSR count). The van der Waals surface area contributed by atoms with Crippen molar-refractivity contribution in [2.75, 3.05) is 56.7 Å². The molecular weight excluding hydrogens is 466 g/mol. The third-order valence-corrected chi connectivity index (χ3v) is 7.35. The van der Waals surface area contributed by atoms with Crippen LogP contribution in [0.3, 0.4) is 0 Å². The van der Waals surface area contributed by atoms with Gasteiger partial charge in [-0.1, -0.05) is 12.1 Å². The number of anilines is 3. The molecule has 0 aliphatic carbocycles. The van der Waals surface area contributed by atoms with Gasteiger partial charge in [-0.2, -0.15) is 0 Å². The molecule has 2 aliphatic rings. The van der Waals surface area contributed by atoms with Crippen LogP contribution < -0.4 is 15.8 Å². The van der Waals surface area contributed by atoms with E-state index >= 15 is 0 Å². The largest absolute Gasteiger partial charge is 0.378 e. The molecule has 190 valence electrons. The summed E-state index contributed by atoms with van der Waals surface area (Å²) < 4.78 is 5.43. The first-order valence-corrected chi connectivity index (χ1v) is 12.9. The highest BCUT2D eigenvalue weighted by Crippen LogP contribution is 2.30. The number of rotatable bonds is 5. The number of likely N-dealkylation sites (tertiary alicyclic amines) is 1. The number of nitrogens with zero attached hydrogens (tertiary/aromatic N) is 5. The minimum atomic E-state index is -0.184. The normalized spacial score (nSPS) is 17.3. The summed E-state index contributed by atoms with van der Waals surface area (Å²) in [5, 5.41) is 4.70. The summed E-state index contributed by atoms with van der Waals surface area (Å²) in [5.41, 5.74) is 3.37. The molecule has 0 radical (unpaired) electrons. The highest BCUT2D eigenvalue weighted by Gasteiger charge is 2.19. The quantitative estimate of drug-likeness (QED) is 0.430. The van der Waals surface area contributed by atoms with Crippen LogP contribution in [-0.2, 0) is 4.74 Å². The van der Waals surface area contributed by atoms with Crippen LogP contribution in [-0.4, -0.2) is 71.3 Å². The second-order valence-electron chi connectivity index (χ2n) is 9.81. The van der Waals surface area contributed by atoms with Crippen molar-refractivity contribution in [3.05, 3.63) is 70.9 Å². The molecule has 0 unspecified atom stereocenters. The molecule has 2 N–H and O–H groups in total. The maximum atomic E-state index is 12.8. The van der Waals surface area contributed by atoms with Gasteiger partial charge >= 0.3 is 0 Å². The lowest BCUT2D eigenvalue weighted by atomic mass is 9.89. The summed E-state index contributed by atoms with van der Waals surface area (Å²) in [6, 6.07) is 12.3. The number of aromatic amines is 1. The lowest BCUT2D eigenvalue weighted by Crippen LogP contribution is -2.36. The molecule has 2 fully saturated rings. The topological polar surface area (TPSA) is 99.3 Å². The van der Waals surface area contributed by atoms with Crippen molar-refractivity contribution in [2.24, 2.45) is 0 Å². The predicted octanol–water partition coefficient (Wildman–Crippen LogP) is 3.77. The van der Waals surface area contributed by atoms with E-state index < -0.39 is 0 Å². The molecule has 1 aromatic carbocycles. The second-order valence-corrected chi connectivity index (χ2v) is 9.81. The Morgan fingerprint density at radius 3 is 2.49 bits per heavy atom. The summed E-state index contributed by atoms with van der Waals surface area (Å²) in [6.45, 7) is 5.25. The number of morpholine rings is 1. The number of ether oxygens (including phenoxy) is 1. The Balaban J connectivity index is 1.29. The minimum absolute atomic E-state index is 0.184. The molecule has 0 amide bonds. The monoisotopic (exact) mass is 497 g/mol. The SMILES string of the molecule is CN1CCC(c2ccc(Nc3nc(-c4cnc(N5CCOCC5)cn4)cc4cc[nH]c(=O)c34)cc2)CC1.